The van der Waals surface area contributed by atoms with Crippen molar-refractivity contribution >= 4 is 59.3 Å². The number of guanidine groups is 1. The molecule has 0 spiro atoms. The Morgan fingerprint density at radius 2 is 1.21 bits per heavy atom. The van der Waals surface area contributed by atoms with Crippen LogP contribution in [-0.2, 0) is 49.6 Å². The number of aromatic hydroxyl groups is 1. The lowest BCUT2D eigenvalue weighted by atomic mass is 9.96. The smallest absolute Gasteiger partial charge is 0.326 e. The molecule has 24 heteroatoms. The lowest BCUT2D eigenvalue weighted by Gasteiger charge is -2.30. The van der Waals surface area contributed by atoms with Crippen LogP contribution >= 0.6 is 0 Å². The molecule has 0 heterocycles. The van der Waals surface area contributed by atoms with Crippen LogP contribution in [-0.4, -0.2) is 140 Å². The number of carbonyl (C=O) groups is 9. The third-order valence-corrected chi connectivity index (χ3v) is 9.19. The minimum Gasteiger partial charge on any atom is -0.508 e. The van der Waals surface area contributed by atoms with Gasteiger partial charge >= 0.3 is 17.9 Å². The van der Waals surface area contributed by atoms with Crippen LogP contribution in [0.15, 0.2) is 29.3 Å². The van der Waals surface area contributed by atoms with E-state index in [0.717, 1.165) is 6.92 Å². The van der Waals surface area contributed by atoms with Gasteiger partial charge in [0, 0.05) is 19.4 Å². The summed E-state index contributed by atoms with van der Waals surface area (Å²) in [5.74, 6) is -11.5. The molecule has 24 nitrogen and oxygen atoms in total. The van der Waals surface area contributed by atoms with Gasteiger partial charge in [-0.15, -0.1) is 0 Å². The van der Waals surface area contributed by atoms with E-state index in [9.17, 15) is 63.6 Å². The van der Waals surface area contributed by atoms with Gasteiger partial charge in [-0.1, -0.05) is 32.4 Å². The number of aliphatic carboxylic acids is 3. The van der Waals surface area contributed by atoms with Gasteiger partial charge in [-0.05, 0) is 56.7 Å². The van der Waals surface area contributed by atoms with E-state index in [-0.39, 0.29) is 37.5 Å². The molecule has 340 valence electrons. The molecule has 0 radical (unpaired) electrons. The van der Waals surface area contributed by atoms with Crippen molar-refractivity contribution < 1.29 is 68.7 Å². The third kappa shape index (κ3) is 19.4. The summed E-state index contributed by atoms with van der Waals surface area (Å²) in [6.07, 6.45) is -3.36. The molecule has 0 unspecified atom stereocenters. The van der Waals surface area contributed by atoms with Crippen LogP contribution in [0.25, 0.3) is 0 Å². The van der Waals surface area contributed by atoms with Gasteiger partial charge in [-0.2, -0.15) is 0 Å². The summed E-state index contributed by atoms with van der Waals surface area (Å²) in [5.41, 5.74) is 16.9. The van der Waals surface area contributed by atoms with E-state index < -0.39 is 127 Å². The average molecular weight is 867 g/mol. The van der Waals surface area contributed by atoms with Gasteiger partial charge in [-0.25, -0.2) is 4.79 Å². The number of aliphatic hydroxyl groups excluding tert-OH is 1. The van der Waals surface area contributed by atoms with E-state index in [4.69, 9.17) is 22.3 Å². The summed E-state index contributed by atoms with van der Waals surface area (Å²) in [4.78, 5) is 118. The number of phenolic OH excluding ortho intramolecular Hbond substituents is 1. The van der Waals surface area contributed by atoms with Crippen molar-refractivity contribution in [3.8, 4) is 5.75 Å². The lowest BCUT2D eigenvalue weighted by molar-refractivity contribution is -0.144. The van der Waals surface area contributed by atoms with E-state index in [1.54, 1.807) is 6.92 Å². The number of hydrogen-bond acceptors (Lipinski definition) is 13. The minimum atomic E-state index is -1.89. The summed E-state index contributed by atoms with van der Waals surface area (Å²) in [6.45, 7) is 5.84. The zero-order chi connectivity index (χ0) is 46.6. The van der Waals surface area contributed by atoms with Gasteiger partial charge < -0.3 is 74.6 Å². The third-order valence-electron chi connectivity index (χ3n) is 9.19. The van der Waals surface area contributed by atoms with Crippen molar-refractivity contribution in [2.75, 3.05) is 6.54 Å². The molecular formula is C37H58N10O14. The largest absolute Gasteiger partial charge is 0.508 e. The number of aliphatic hydroxyl groups is 1. The number of benzene rings is 1. The molecule has 17 N–H and O–H groups in total. The number of phenols is 1. The Bertz CT molecular complexity index is 1740. The van der Waals surface area contributed by atoms with E-state index in [1.165, 1.54) is 38.1 Å². The zero-order valence-corrected chi connectivity index (χ0v) is 34.3. The van der Waals surface area contributed by atoms with Gasteiger partial charge in [-0.3, -0.25) is 43.3 Å². The molecule has 0 aliphatic carbocycles. The number of aliphatic imine (C=N–C) groups is 1. The number of nitrogens with one attached hydrogen (secondary N) is 6. The molecule has 9 atom stereocenters. The summed E-state index contributed by atoms with van der Waals surface area (Å²) in [5, 5.41) is 62.1. The fourth-order valence-electron chi connectivity index (χ4n) is 5.46. The molecule has 61 heavy (non-hydrogen) atoms. The molecule has 0 aliphatic heterocycles. The summed E-state index contributed by atoms with van der Waals surface area (Å²) in [6, 6.07) is -5.13. The molecule has 0 bridgehead atoms. The second-order valence-electron chi connectivity index (χ2n) is 14.3. The number of hydrogen-bond donors (Lipinski definition) is 14. The van der Waals surface area contributed by atoms with Crippen LogP contribution in [0.1, 0.15) is 71.8 Å². The Balaban J connectivity index is 3.30. The molecule has 0 aliphatic rings. The van der Waals surface area contributed by atoms with Gasteiger partial charge in [0.05, 0.1) is 18.6 Å². The first-order chi connectivity index (χ1) is 28.5. The van der Waals surface area contributed by atoms with Crippen LogP contribution in [0.5, 0.6) is 5.75 Å². The van der Waals surface area contributed by atoms with Gasteiger partial charge in [0.1, 0.15) is 42.0 Å². The first-order valence-electron chi connectivity index (χ1n) is 19.2. The van der Waals surface area contributed by atoms with E-state index in [1.807, 2.05) is 5.32 Å². The summed E-state index contributed by atoms with van der Waals surface area (Å²) in [7, 11) is 0. The molecule has 1 aromatic rings. The fourth-order valence-corrected chi connectivity index (χ4v) is 5.46. The summed E-state index contributed by atoms with van der Waals surface area (Å²) >= 11 is 0. The van der Waals surface area contributed by atoms with Gasteiger partial charge in [0.25, 0.3) is 0 Å². The number of nitrogens with zero attached hydrogens (tertiary/aromatic N) is 1. The molecule has 0 saturated carbocycles. The highest BCUT2D eigenvalue weighted by Crippen LogP contribution is 2.14. The number of nitrogens with two attached hydrogens (primary N) is 3. The van der Waals surface area contributed by atoms with E-state index in [2.05, 4.69) is 31.6 Å². The standard InChI is InChI=1S/C37H58N10O14/c1-5-17(2)28(34(58)45-25(16-27(52)53)32(56)43-23(36(60)61)12-13-26(50)51)46-35(59)29(19(4)48)47-33(57)24(15-20-8-10-21(49)11-9-20)44-30(54)18(3)42-31(55)22(38)7-6-14-41-37(39)40/h8-11,17-19,22-25,28-29,48-49H,5-7,12-16,38H2,1-4H3,(H,42,55)(H,43,56)(H,44,54)(H,45,58)(H,46,59)(H,47,57)(H,50,51)(H,52,53)(H,60,61)(H4,39,40,41)/t17-,18-,19+,22-,23-,24-,25-,28-,29-/m0/s1. The monoisotopic (exact) mass is 866 g/mol. The van der Waals surface area contributed by atoms with Crippen LogP contribution in [0.2, 0.25) is 0 Å². The van der Waals surface area contributed by atoms with Gasteiger partial charge in [0.2, 0.25) is 35.4 Å². The average Bonchev–Trinajstić information content (AvgIpc) is 3.17. The number of carboxylic acids is 3. The van der Waals surface area contributed by atoms with Crippen molar-refractivity contribution in [2.45, 2.75) is 121 Å². The molecule has 1 aromatic carbocycles. The molecule has 0 fully saturated rings. The predicted octanol–water partition coefficient (Wildman–Crippen LogP) is -3.90. The van der Waals surface area contributed by atoms with Crippen molar-refractivity contribution in [1.82, 2.24) is 31.9 Å². The van der Waals surface area contributed by atoms with E-state index >= 15 is 0 Å². The number of carbonyl (C=O) groups excluding carboxylic acids is 6. The SMILES string of the molecule is CC[C@H](C)[C@H](NC(=O)[C@@H](NC(=O)[C@H](Cc1ccc(O)cc1)NC(=O)[C@H](C)NC(=O)[C@@H](N)CCCN=C(N)N)[C@@H](C)O)C(=O)N[C@@H](CC(=O)O)C(=O)N[C@@H](CCC(=O)O)C(=O)O. The maximum absolute atomic E-state index is 13.8. The highest BCUT2D eigenvalue weighted by Gasteiger charge is 2.37. The number of amides is 6. The van der Waals surface area contributed by atoms with Crippen molar-refractivity contribution in [3.05, 3.63) is 29.8 Å². The zero-order valence-electron chi connectivity index (χ0n) is 34.3. The van der Waals surface area contributed by atoms with Crippen molar-refractivity contribution in [1.29, 1.82) is 0 Å². The Hall–Kier alpha value is -6.56. The normalized spacial score (nSPS) is 15.3. The first-order valence-corrected chi connectivity index (χ1v) is 19.2. The molecular weight excluding hydrogens is 808 g/mol. The first kappa shape index (κ1) is 52.5. The Labute approximate surface area is 350 Å². The van der Waals surface area contributed by atoms with Crippen molar-refractivity contribution in [2.24, 2.45) is 28.1 Å². The maximum atomic E-state index is 13.8. The topological polar surface area (TPSA) is 417 Å². The fraction of sp³-hybridized carbons (Fsp3) is 0.568. The maximum Gasteiger partial charge on any atom is 0.326 e. The molecule has 0 saturated heterocycles. The second kappa shape index (κ2) is 25.8. The number of rotatable bonds is 27. The Morgan fingerprint density at radius 3 is 1.74 bits per heavy atom. The van der Waals surface area contributed by atoms with Crippen LogP contribution in [0.4, 0.5) is 0 Å². The highest BCUT2D eigenvalue weighted by molar-refractivity contribution is 5.98. The van der Waals surface area contributed by atoms with Gasteiger partial charge in [0.15, 0.2) is 5.96 Å². The lowest BCUT2D eigenvalue weighted by Crippen LogP contribution is -2.62. The molecule has 6 amide bonds. The molecule has 1 rings (SSSR count). The Kier molecular flexibility index (Phi) is 22.2. The molecule has 0 aromatic heterocycles. The van der Waals surface area contributed by atoms with Crippen LogP contribution in [0, 0.1) is 5.92 Å². The van der Waals surface area contributed by atoms with Crippen molar-refractivity contribution in [3.63, 3.8) is 0 Å². The predicted molar refractivity (Wildman–Crippen MR) is 215 cm³/mol. The quantitative estimate of drug-likeness (QED) is 0.0228. The summed E-state index contributed by atoms with van der Waals surface area (Å²) < 4.78 is 0. The Morgan fingerprint density at radius 1 is 0.672 bits per heavy atom. The number of carboxylic acid groups (broad SMARTS) is 3. The minimum absolute atomic E-state index is 0.0967. The van der Waals surface area contributed by atoms with E-state index in [0.29, 0.717) is 12.0 Å². The highest BCUT2D eigenvalue weighted by atomic mass is 16.4. The van der Waals surface area contributed by atoms with Crippen LogP contribution in [0.3, 0.4) is 0 Å². The van der Waals surface area contributed by atoms with Crippen LogP contribution < -0.4 is 49.1 Å². The second-order valence-corrected chi connectivity index (χ2v) is 14.3.